The molecule has 0 heterocycles. The summed E-state index contributed by atoms with van der Waals surface area (Å²) in [6.45, 7) is 3.69. The first-order valence-electron chi connectivity index (χ1n) is 5.20. The Hall–Kier alpha value is -1.26. The summed E-state index contributed by atoms with van der Waals surface area (Å²) in [5.41, 5.74) is 1.12. The average molecular weight is 259 g/mol. The van der Waals surface area contributed by atoms with Gasteiger partial charge in [-0.15, -0.1) is 0 Å². The van der Waals surface area contributed by atoms with E-state index in [-0.39, 0.29) is 6.61 Å². The van der Waals surface area contributed by atoms with E-state index in [1.807, 2.05) is 6.92 Å². The molecule has 1 rings (SSSR count). The predicted octanol–water partition coefficient (Wildman–Crippen LogP) is 2.25. The van der Waals surface area contributed by atoms with Crippen LogP contribution in [-0.4, -0.2) is 24.8 Å². The van der Waals surface area contributed by atoms with Gasteiger partial charge in [0.1, 0.15) is 5.75 Å². The van der Waals surface area contributed by atoms with E-state index in [2.05, 4.69) is 0 Å². The number of aryl methyl sites for hydroxylation is 1. The smallest absolute Gasteiger partial charge is 0.339 e. The minimum Gasteiger partial charge on any atom is -0.496 e. The number of hydrogen-bond acceptors (Lipinski definition) is 4. The number of rotatable bonds is 4. The van der Waals surface area contributed by atoms with Crippen molar-refractivity contribution in [2.24, 2.45) is 0 Å². The molecule has 94 valence electrons. The first-order chi connectivity index (χ1) is 8.01. The van der Waals surface area contributed by atoms with Crippen LogP contribution in [-0.2, 0) is 9.53 Å². The fourth-order valence-electron chi connectivity index (χ4n) is 1.41. The summed E-state index contributed by atoms with van der Waals surface area (Å²) < 4.78 is 9.84. The molecule has 0 aliphatic rings. The van der Waals surface area contributed by atoms with E-state index in [9.17, 15) is 9.90 Å². The monoisotopic (exact) mass is 258 g/mol. The quantitative estimate of drug-likeness (QED) is 0.842. The maximum Gasteiger partial charge on any atom is 0.339 e. The second-order valence-electron chi connectivity index (χ2n) is 3.50. The van der Waals surface area contributed by atoms with E-state index in [0.717, 1.165) is 5.56 Å². The Morgan fingerprint density at radius 2 is 2.18 bits per heavy atom. The van der Waals surface area contributed by atoms with Gasteiger partial charge in [0.05, 0.1) is 13.7 Å². The van der Waals surface area contributed by atoms with Gasteiger partial charge in [-0.05, 0) is 31.5 Å². The van der Waals surface area contributed by atoms with Crippen LogP contribution in [0.15, 0.2) is 12.1 Å². The zero-order valence-corrected chi connectivity index (χ0v) is 10.7. The summed E-state index contributed by atoms with van der Waals surface area (Å²) in [7, 11) is 1.46. The molecule has 1 unspecified atom stereocenters. The Labute approximate surface area is 105 Å². The lowest BCUT2D eigenvalue weighted by Gasteiger charge is -2.15. The number of benzene rings is 1. The summed E-state index contributed by atoms with van der Waals surface area (Å²) >= 11 is 5.95. The first-order valence-corrected chi connectivity index (χ1v) is 5.57. The minimum absolute atomic E-state index is 0.206. The number of carbonyl (C=O) groups excluding carboxylic acids is 1. The first kappa shape index (κ1) is 13.8. The predicted molar refractivity (Wildman–Crippen MR) is 64.3 cm³/mol. The highest BCUT2D eigenvalue weighted by Gasteiger charge is 2.23. The molecule has 1 N–H and O–H groups in total. The van der Waals surface area contributed by atoms with Crippen LogP contribution in [0, 0.1) is 6.92 Å². The molecule has 0 aliphatic heterocycles. The summed E-state index contributed by atoms with van der Waals surface area (Å²) in [6.07, 6.45) is -1.39. The second kappa shape index (κ2) is 5.89. The molecule has 0 aliphatic carbocycles. The fraction of sp³-hybridized carbons (Fsp3) is 0.417. The van der Waals surface area contributed by atoms with Gasteiger partial charge in [0, 0.05) is 10.6 Å². The van der Waals surface area contributed by atoms with Crippen molar-refractivity contribution in [3.05, 3.63) is 28.3 Å². The van der Waals surface area contributed by atoms with Gasteiger partial charge >= 0.3 is 5.97 Å². The van der Waals surface area contributed by atoms with Crippen LogP contribution in [0.4, 0.5) is 0 Å². The lowest BCUT2D eigenvalue weighted by atomic mass is 10.1. The Kier molecular flexibility index (Phi) is 4.78. The molecule has 1 atom stereocenters. The molecule has 1 aromatic carbocycles. The van der Waals surface area contributed by atoms with E-state index < -0.39 is 12.1 Å². The van der Waals surface area contributed by atoms with Crippen molar-refractivity contribution in [2.75, 3.05) is 13.7 Å². The molecule has 0 bridgehead atoms. The SMILES string of the molecule is CCOC(=O)C(O)c1cc(Cl)c(C)cc1OC. The Balaban J connectivity index is 3.11. The van der Waals surface area contributed by atoms with Crippen molar-refractivity contribution in [3.8, 4) is 5.75 Å². The lowest BCUT2D eigenvalue weighted by Crippen LogP contribution is -2.16. The number of ether oxygens (including phenoxy) is 2. The number of esters is 1. The number of aliphatic hydroxyl groups is 1. The van der Waals surface area contributed by atoms with Gasteiger partial charge in [0.2, 0.25) is 0 Å². The summed E-state index contributed by atoms with van der Waals surface area (Å²) in [5.74, 6) is -0.307. The molecule has 5 heteroatoms. The molecule has 0 fully saturated rings. The number of aliphatic hydroxyl groups excluding tert-OH is 1. The van der Waals surface area contributed by atoms with Gasteiger partial charge in [-0.3, -0.25) is 0 Å². The molecular weight excluding hydrogens is 244 g/mol. The third kappa shape index (κ3) is 3.11. The highest BCUT2D eigenvalue weighted by molar-refractivity contribution is 6.31. The number of methoxy groups -OCH3 is 1. The van der Waals surface area contributed by atoms with Gasteiger partial charge in [-0.1, -0.05) is 11.6 Å². The normalized spacial score (nSPS) is 12.1. The van der Waals surface area contributed by atoms with Crippen LogP contribution >= 0.6 is 11.6 Å². The van der Waals surface area contributed by atoms with Gasteiger partial charge in [0.15, 0.2) is 6.10 Å². The van der Waals surface area contributed by atoms with Gasteiger partial charge < -0.3 is 14.6 Å². The van der Waals surface area contributed by atoms with Gasteiger partial charge in [-0.25, -0.2) is 4.79 Å². The molecule has 0 radical (unpaired) electrons. The highest BCUT2D eigenvalue weighted by Crippen LogP contribution is 2.31. The second-order valence-corrected chi connectivity index (χ2v) is 3.91. The van der Waals surface area contributed by atoms with Crippen LogP contribution < -0.4 is 4.74 Å². The number of carbonyl (C=O) groups is 1. The van der Waals surface area contributed by atoms with E-state index in [4.69, 9.17) is 21.1 Å². The van der Waals surface area contributed by atoms with Crippen LogP contribution in [0.3, 0.4) is 0 Å². The summed E-state index contributed by atoms with van der Waals surface area (Å²) in [5, 5.41) is 10.3. The summed E-state index contributed by atoms with van der Waals surface area (Å²) in [6, 6.07) is 3.18. The Morgan fingerprint density at radius 3 is 2.71 bits per heavy atom. The zero-order valence-electron chi connectivity index (χ0n) is 9.99. The molecule has 0 saturated carbocycles. The van der Waals surface area contributed by atoms with Crippen LogP contribution in [0.1, 0.15) is 24.2 Å². The fourth-order valence-corrected chi connectivity index (χ4v) is 1.58. The van der Waals surface area contributed by atoms with Gasteiger partial charge in [0.25, 0.3) is 0 Å². The van der Waals surface area contributed by atoms with E-state index in [1.165, 1.54) is 13.2 Å². The molecule has 0 spiro atoms. The molecule has 0 aromatic heterocycles. The van der Waals surface area contributed by atoms with Crippen molar-refractivity contribution < 1.29 is 19.4 Å². The largest absolute Gasteiger partial charge is 0.496 e. The van der Waals surface area contributed by atoms with Crippen LogP contribution in [0.2, 0.25) is 5.02 Å². The van der Waals surface area contributed by atoms with E-state index >= 15 is 0 Å². The number of halogens is 1. The highest BCUT2D eigenvalue weighted by atomic mass is 35.5. The van der Waals surface area contributed by atoms with Crippen molar-refractivity contribution in [1.82, 2.24) is 0 Å². The maximum absolute atomic E-state index is 11.4. The average Bonchev–Trinajstić information content (AvgIpc) is 2.31. The lowest BCUT2D eigenvalue weighted by molar-refractivity contribution is -0.153. The summed E-state index contributed by atoms with van der Waals surface area (Å²) in [4.78, 5) is 11.4. The van der Waals surface area contributed by atoms with Crippen molar-refractivity contribution in [1.29, 1.82) is 0 Å². The maximum atomic E-state index is 11.4. The molecule has 17 heavy (non-hydrogen) atoms. The third-order valence-corrected chi connectivity index (χ3v) is 2.72. The van der Waals surface area contributed by atoms with E-state index in [1.54, 1.807) is 13.0 Å². The van der Waals surface area contributed by atoms with Crippen molar-refractivity contribution in [3.63, 3.8) is 0 Å². The molecule has 0 amide bonds. The van der Waals surface area contributed by atoms with Crippen LogP contribution in [0.5, 0.6) is 5.75 Å². The molecule has 4 nitrogen and oxygen atoms in total. The molecular formula is C12H15ClO4. The molecule has 0 saturated heterocycles. The Morgan fingerprint density at radius 1 is 1.53 bits per heavy atom. The van der Waals surface area contributed by atoms with Crippen LogP contribution in [0.25, 0.3) is 0 Å². The van der Waals surface area contributed by atoms with Crippen molar-refractivity contribution in [2.45, 2.75) is 20.0 Å². The topological polar surface area (TPSA) is 55.8 Å². The van der Waals surface area contributed by atoms with Crippen molar-refractivity contribution >= 4 is 17.6 Å². The Bertz CT molecular complexity index is 417. The van der Waals surface area contributed by atoms with Gasteiger partial charge in [-0.2, -0.15) is 0 Å². The minimum atomic E-state index is -1.39. The standard InChI is InChI=1S/C12H15ClO4/c1-4-17-12(15)11(14)8-6-9(13)7(2)5-10(8)16-3/h5-6,11,14H,4H2,1-3H3. The number of hydrogen-bond donors (Lipinski definition) is 1. The zero-order chi connectivity index (χ0) is 13.0. The molecule has 1 aromatic rings. The third-order valence-electron chi connectivity index (χ3n) is 2.32. The van der Waals surface area contributed by atoms with E-state index in [0.29, 0.717) is 16.3 Å².